The fourth-order valence-corrected chi connectivity index (χ4v) is 1.88. The van der Waals surface area contributed by atoms with Crippen molar-refractivity contribution in [1.82, 2.24) is 15.6 Å². The van der Waals surface area contributed by atoms with Gasteiger partial charge in [0.1, 0.15) is 0 Å². The monoisotopic (exact) mass is 404 g/mol. The SMILES string of the molecule is CN=C(NCCCCC(C)(C)C)NCc1ccccn1.I. The molecule has 120 valence electrons. The van der Waals surface area contributed by atoms with E-state index in [-0.39, 0.29) is 24.0 Å². The van der Waals surface area contributed by atoms with Gasteiger partial charge in [-0.3, -0.25) is 9.98 Å². The van der Waals surface area contributed by atoms with Crippen LogP contribution in [-0.2, 0) is 6.54 Å². The summed E-state index contributed by atoms with van der Waals surface area (Å²) in [6.07, 6.45) is 5.48. The summed E-state index contributed by atoms with van der Waals surface area (Å²) in [5, 5.41) is 6.61. The van der Waals surface area contributed by atoms with Crippen molar-refractivity contribution in [1.29, 1.82) is 0 Å². The molecule has 5 heteroatoms. The number of aromatic nitrogens is 1. The lowest BCUT2D eigenvalue weighted by atomic mass is 9.90. The van der Waals surface area contributed by atoms with E-state index in [2.05, 4.69) is 41.4 Å². The summed E-state index contributed by atoms with van der Waals surface area (Å²) in [4.78, 5) is 8.49. The van der Waals surface area contributed by atoms with Gasteiger partial charge in [-0.25, -0.2) is 0 Å². The Kier molecular flexibility index (Phi) is 10.4. The normalized spacial score (nSPS) is 11.7. The lowest BCUT2D eigenvalue weighted by Crippen LogP contribution is -2.37. The number of hydrogen-bond donors (Lipinski definition) is 2. The Hall–Kier alpha value is -0.850. The number of unbranched alkanes of at least 4 members (excludes halogenated alkanes) is 1. The molecule has 21 heavy (non-hydrogen) atoms. The zero-order valence-corrected chi connectivity index (χ0v) is 16.0. The minimum atomic E-state index is 0. The van der Waals surface area contributed by atoms with Crippen LogP contribution in [0, 0.1) is 5.41 Å². The molecular weight excluding hydrogens is 375 g/mol. The fourth-order valence-electron chi connectivity index (χ4n) is 1.88. The van der Waals surface area contributed by atoms with Crippen LogP contribution < -0.4 is 10.6 Å². The van der Waals surface area contributed by atoms with Gasteiger partial charge in [-0.05, 0) is 30.4 Å². The van der Waals surface area contributed by atoms with Crippen molar-refractivity contribution in [3.8, 4) is 0 Å². The van der Waals surface area contributed by atoms with Crippen LogP contribution >= 0.6 is 24.0 Å². The quantitative estimate of drug-likeness (QED) is 0.330. The third kappa shape index (κ3) is 10.5. The summed E-state index contributed by atoms with van der Waals surface area (Å²) in [6.45, 7) is 8.51. The maximum Gasteiger partial charge on any atom is 0.191 e. The molecule has 0 saturated heterocycles. The van der Waals surface area contributed by atoms with Crippen LogP contribution in [0.2, 0.25) is 0 Å². The molecule has 0 spiro atoms. The minimum absolute atomic E-state index is 0. The third-order valence-electron chi connectivity index (χ3n) is 3.03. The molecule has 0 aliphatic carbocycles. The van der Waals surface area contributed by atoms with Crippen LogP contribution in [0.4, 0.5) is 0 Å². The summed E-state index contributed by atoms with van der Waals surface area (Å²) in [5.74, 6) is 0.839. The van der Waals surface area contributed by atoms with Crippen LogP contribution in [0.25, 0.3) is 0 Å². The molecule has 1 heterocycles. The van der Waals surface area contributed by atoms with Crippen molar-refractivity contribution in [3.63, 3.8) is 0 Å². The molecule has 0 unspecified atom stereocenters. The summed E-state index contributed by atoms with van der Waals surface area (Å²) in [6, 6.07) is 5.92. The second-order valence-electron chi connectivity index (χ2n) is 6.19. The highest BCUT2D eigenvalue weighted by Crippen LogP contribution is 2.21. The average molecular weight is 404 g/mol. The summed E-state index contributed by atoms with van der Waals surface area (Å²) in [7, 11) is 1.79. The lowest BCUT2D eigenvalue weighted by molar-refractivity contribution is 0.360. The predicted octanol–water partition coefficient (Wildman–Crippen LogP) is 3.58. The number of rotatable bonds is 6. The molecule has 0 amide bonds. The van der Waals surface area contributed by atoms with Crippen molar-refractivity contribution < 1.29 is 0 Å². The van der Waals surface area contributed by atoms with E-state index in [9.17, 15) is 0 Å². The Morgan fingerprint density at radius 3 is 2.52 bits per heavy atom. The van der Waals surface area contributed by atoms with E-state index in [1.807, 2.05) is 18.2 Å². The summed E-state index contributed by atoms with van der Waals surface area (Å²) >= 11 is 0. The lowest BCUT2D eigenvalue weighted by Gasteiger charge is -2.18. The van der Waals surface area contributed by atoms with Gasteiger partial charge in [-0.15, -0.1) is 24.0 Å². The highest BCUT2D eigenvalue weighted by Gasteiger charge is 2.08. The first kappa shape index (κ1) is 20.1. The van der Waals surface area contributed by atoms with Crippen LogP contribution in [-0.4, -0.2) is 24.5 Å². The molecule has 0 aromatic carbocycles. The van der Waals surface area contributed by atoms with Gasteiger partial charge in [0, 0.05) is 19.8 Å². The molecule has 4 nitrogen and oxygen atoms in total. The van der Waals surface area contributed by atoms with Crippen molar-refractivity contribution >= 4 is 29.9 Å². The molecule has 2 N–H and O–H groups in total. The Bertz CT molecular complexity index is 398. The first-order valence-corrected chi connectivity index (χ1v) is 7.36. The van der Waals surface area contributed by atoms with Crippen LogP contribution in [0.5, 0.6) is 0 Å². The second kappa shape index (κ2) is 10.8. The Balaban J connectivity index is 0.00000400. The standard InChI is InChI=1S/C16H28N4.HI/c1-16(2,3)10-6-8-12-19-15(17-4)20-13-14-9-5-7-11-18-14;/h5,7,9,11H,6,8,10,12-13H2,1-4H3,(H2,17,19,20);1H. The number of guanidine groups is 1. The van der Waals surface area contributed by atoms with Crippen LogP contribution in [0.15, 0.2) is 29.4 Å². The van der Waals surface area contributed by atoms with E-state index in [4.69, 9.17) is 0 Å². The Labute approximate surface area is 146 Å². The number of nitrogens with zero attached hydrogens (tertiary/aromatic N) is 2. The van der Waals surface area contributed by atoms with Gasteiger partial charge in [0.25, 0.3) is 0 Å². The first-order valence-electron chi connectivity index (χ1n) is 7.36. The summed E-state index contributed by atoms with van der Waals surface area (Å²) in [5.41, 5.74) is 1.45. The van der Waals surface area contributed by atoms with E-state index in [0.717, 1.165) is 18.2 Å². The van der Waals surface area contributed by atoms with Gasteiger partial charge < -0.3 is 10.6 Å². The van der Waals surface area contributed by atoms with Gasteiger partial charge in [0.2, 0.25) is 0 Å². The molecular formula is C16H29IN4. The number of halogens is 1. The largest absolute Gasteiger partial charge is 0.356 e. The van der Waals surface area contributed by atoms with Gasteiger partial charge in [-0.2, -0.15) is 0 Å². The topological polar surface area (TPSA) is 49.3 Å². The van der Waals surface area contributed by atoms with Gasteiger partial charge in [-0.1, -0.05) is 33.3 Å². The van der Waals surface area contributed by atoms with Crippen molar-refractivity contribution in [2.75, 3.05) is 13.6 Å². The molecule has 0 aliphatic heterocycles. The third-order valence-corrected chi connectivity index (χ3v) is 3.03. The van der Waals surface area contributed by atoms with Gasteiger partial charge >= 0.3 is 0 Å². The first-order chi connectivity index (χ1) is 9.51. The number of pyridine rings is 1. The van der Waals surface area contributed by atoms with Crippen molar-refractivity contribution in [2.45, 2.75) is 46.6 Å². The molecule has 1 aromatic rings. The van der Waals surface area contributed by atoms with E-state index in [0.29, 0.717) is 12.0 Å². The molecule has 0 bridgehead atoms. The number of aliphatic imine (C=N–C) groups is 1. The molecule has 0 saturated carbocycles. The Morgan fingerprint density at radius 2 is 1.95 bits per heavy atom. The van der Waals surface area contributed by atoms with Crippen molar-refractivity contribution in [2.24, 2.45) is 10.4 Å². The Morgan fingerprint density at radius 1 is 1.19 bits per heavy atom. The molecule has 1 aromatic heterocycles. The fraction of sp³-hybridized carbons (Fsp3) is 0.625. The van der Waals surface area contributed by atoms with Gasteiger partial charge in [0.05, 0.1) is 12.2 Å². The smallest absolute Gasteiger partial charge is 0.191 e. The average Bonchev–Trinajstić information content (AvgIpc) is 2.42. The zero-order valence-electron chi connectivity index (χ0n) is 13.6. The maximum absolute atomic E-state index is 4.28. The predicted molar refractivity (Wildman–Crippen MR) is 101 cm³/mol. The summed E-state index contributed by atoms with van der Waals surface area (Å²) < 4.78 is 0. The van der Waals surface area contributed by atoms with Crippen LogP contribution in [0.1, 0.15) is 45.7 Å². The van der Waals surface area contributed by atoms with E-state index >= 15 is 0 Å². The second-order valence-corrected chi connectivity index (χ2v) is 6.19. The van der Waals surface area contributed by atoms with Gasteiger partial charge in [0.15, 0.2) is 5.96 Å². The maximum atomic E-state index is 4.28. The van der Waals surface area contributed by atoms with Crippen molar-refractivity contribution in [3.05, 3.63) is 30.1 Å². The molecule has 0 fully saturated rings. The van der Waals surface area contributed by atoms with E-state index in [1.54, 1.807) is 13.2 Å². The highest BCUT2D eigenvalue weighted by molar-refractivity contribution is 14.0. The van der Waals surface area contributed by atoms with Crippen LogP contribution in [0.3, 0.4) is 0 Å². The van der Waals surface area contributed by atoms with E-state index < -0.39 is 0 Å². The highest BCUT2D eigenvalue weighted by atomic mass is 127. The zero-order chi connectivity index (χ0) is 14.8. The molecule has 0 radical (unpaired) electrons. The molecule has 0 atom stereocenters. The molecule has 0 aliphatic rings. The number of hydrogen-bond acceptors (Lipinski definition) is 2. The number of nitrogens with one attached hydrogen (secondary N) is 2. The minimum Gasteiger partial charge on any atom is -0.356 e. The molecule has 1 rings (SSSR count). The van der Waals surface area contributed by atoms with E-state index in [1.165, 1.54) is 19.3 Å².